The van der Waals surface area contributed by atoms with Crippen LogP contribution in [-0.2, 0) is 26.0 Å². The van der Waals surface area contributed by atoms with Crippen LogP contribution in [0.25, 0.3) is 0 Å². The Hall–Kier alpha value is -1.36. The minimum Gasteiger partial charge on any atom is -0.460 e. The number of rotatable bonds is 5. The third kappa shape index (κ3) is 3.56. The summed E-state index contributed by atoms with van der Waals surface area (Å²) in [5.74, 6) is -1.16. The van der Waals surface area contributed by atoms with Crippen LogP contribution in [0, 0.1) is 0 Å². The number of ether oxygens (including phenoxy) is 1. The third-order valence-electron chi connectivity index (χ3n) is 2.59. The number of hydrogen-bond donors (Lipinski definition) is 0. The highest BCUT2D eigenvalue weighted by Crippen LogP contribution is 2.28. The molecule has 0 saturated heterocycles. The summed E-state index contributed by atoms with van der Waals surface area (Å²) in [6, 6.07) is 9.18. The van der Waals surface area contributed by atoms with E-state index in [1.54, 1.807) is 0 Å². The molecule has 1 aromatic rings. The summed E-state index contributed by atoms with van der Waals surface area (Å²) in [5.41, 5.74) is 0.852. The first kappa shape index (κ1) is 12.1. The Kier molecular flexibility index (Phi) is 3.47. The summed E-state index contributed by atoms with van der Waals surface area (Å²) < 4.78 is 28.0. The van der Waals surface area contributed by atoms with E-state index in [9.17, 15) is 13.2 Å². The van der Waals surface area contributed by atoms with Crippen LogP contribution in [0.5, 0.6) is 0 Å². The maximum Gasteiger partial charge on any atom is 0.321 e. The quantitative estimate of drug-likeness (QED) is 0.743. The molecule has 0 N–H and O–H groups in total. The fraction of sp³-hybridized carbons (Fsp3) is 0.417. The Morgan fingerprint density at radius 3 is 2.47 bits per heavy atom. The van der Waals surface area contributed by atoms with Gasteiger partial charge in [-0.15, -0.1) is 0 Å². The molecule has 0 unspecified atom stereocenters. The Morgan fingerprint density at radius 1 is 1.24 bits per heavy atom. The highest BCUT2D eigenvalue weighted by molar-refractivity contribution is 7.92. The standard InChI is InChI=1S/C12H14O4S/c13-12(9-17(14,15)11-6-7-11)16-8-10-4-2-1-3-5-10/h1-5,11H,6-9H2. The average molecular weight is 254 g/mol. The zero-order valence-electron chi connectivity index (χ0n) is 9.33. The first-order chi connectivity index (χ1) is 8.08. The van der Waals surface area contributed by atoms with Gasteiger partial charge in [0.1, 0.15) is 12.4 Å². The Bertz CT molecular complexity index is 488. The molecule has 0 heterocycles. The zero-order valence-corrected chi connectivity index (χ0v) is 10.2. The van der Waals surface area contributed by atoms with Crippen molar-refractivity contribution < 1.29 is 17.9 Å². The van der Waals surface area contributed by atoms with Crippen molar-refractivity contribution in [3.8, 4) is 0 Å². The number of carbonyl (C=O) groups is 1. The summed E-state index contributed by atoms with van der Waals surface area (Å²) in [6.45, 7) is 0.125. The summed E-state index contributed by atoms with van der Waals surface area (Å²) in [6.07, 6.45) is 1.35. The molecule has 1 aliphatic carbocycles. The predicted octanol–water partition coefficient (Wildman–Crippen LogP) is 1.31. The molecule has 17 heavy (non-hydrogen) atoms. The lowest BCUT2D eigenvalue weighted by Gasteiger charge is -2.05. The van der Waals surface area contributed by atoms with Crippen LogP contribution in [0.4, 0.5) is 0 Å². The highest BCUT2D eigenvalue weighted by atomic mass is 32.2. The number of esters is 1. The molecule has 4 nitrogen and oxygen atoms in total. The smallest absolute Gasteiger partial charge is 0.321 e. The highest BCUT2D eigenvalue weighted by Gasteiger charge is 2.37. The molecule has 1 saturated carbocycles. The van der Waals surface area contributed by atoms with Gasteiger partial charge in [0.15, 0.2) is 9.84 Å². The van der Waals surface area contributed by atoms with Gasteiger partial charge in [0.2, 0.25) is 0 Å². The average Bonchev–Trinajstić information content (AvgIpc) is 3.11. The topological polar surface area (TPSA) is 60.4 Å². The Morgan fingerprint density at radius 2 is 1.88 bits per heavy atom. The van der Waals surface area contributed by atoms with Crippen molar-refractivity contribution in [3.63, 3.8) is 0 Å². The van der Waals surface area contributed by atoms with E-state index in [0.717, 1.165) is 5.56 Å². The second-order valence-electron chi connectivity index (χ2n) is 4.15. The van der Waals surface area contributed by atoms with Gasteiger partial charge in [-0.2, -0.15) is 0 Å². The fourth-order valence-corrected chi connectivity index (χ4v) is 2.99. The maximum atomic E-state index is 11.5. The number of carbonyl (C=O) groups excluding carboxylic acids is 1. The maximum absolute atomic E-state index is 11.5. The molecule has 0 radical (unpaired) electrons. The summed E-state index contributed by atoms with van der Waals surface area (Å²) in [4.78, 5) is 11.4. The summed E-state index contributed by atoms with van der Waals surface area (Å²) in [5, 5.41) is -0.313. The third-order valence-corrected chi connectivity index (χ3v) is 4.72. The van der Waals surface area contributed by atoms with Crippen molar-refractivity contribution in [3.05, 3.63) is 35.9 Å². The van der Waals surface area contributed by atoms with Crippen LogP contribution < -0.4 is 0 Å². The van der Waals surface area contributed by atoms with Crippen LogP contribution in [0.2, 0.25) is 0 Å². The van der Waals surface area contributed by atoms with Crippen LogP contribution in [0.3, 0.4) is 0 Å². The van der Waals surface area contributed by atoms with Gasteiger partial charge in [-0.05, 0) is 18.4 Å². The molecule has 0 spiro atoms. The number of hydrogen-bond acceptors (Lipinski definition) is 4. The van der Waals surface area contributed by atoms with E-state index in [1.165, 1.54) is 0 Å². The van der Waals surface area contributed by atoms with Crippen LogP contribution in [0.1, 0.15) is 18.4 Å². The van der Waals surface area contributed by atoms with Gasteiger partial charge in [0.25, 0.3) is 0 Å². The van der Waals surface area contributed by atoms with Gasteiger partial charge in [-0.1, -0.05) is 30.3 Å². The second kappa shape index (κ2) is 4.87. The minimum atomic E-state index is -3.27. The van der Waals surface area contributed by atoms with Gasteiger partial charge >= 0.3 is 5.97 Å². The molecule has 0 aliphatic heterocycles. The molecule has 92 valence electrons. The van der Waals surface area contributed by atoms with Crippen molar-refractivity contribution >= 4 is 15.8 Å². The lowest BCUT2D eigenvalue weighted by atomic mass is 10.2. The van der Waals surface area contributed by atoms with Gasteiger partial charge in [0.05, 0.1) is 5.25 Å². The van der Waals surface area contributed by atoms with Crippen molar-refractivity contribution in [1.29, 1.82) is 0 Å². The van der Waals surface area contributed by atoms with E-state index >= 15 is 0 Å². The molecule has 2 rings (SSSR count). The van der Waals surface area contributed by atoms with Crippen LogP contribution >= 0.6 is 0 Å². The van der Waals surface area contributed by atoms with Gasteiger partial charge in [-0.25, -0.2) is 8.42 Å². The molecule has 1 aromatic carbocycles. The van der Waals surface area contributed by atoms with E-state index in [4.69, 9.17) is 4.74 Å². The second-order valence-corrected chi connectivity index (χ2v) is 6.43. The van der Waals surface area contributed by atoms with Crippen molar-refractivity contribution in [2.75, 3.05) is 5.75 Å². The monoisotopic (exact) mass is 254 g/mol. The van der Waals surface area contributed by atoms with Crippen LogP contribution in [-0.4, -0.2) is 25.4 Å². The Labute approximate surface area is 101 Å². The SMILES string of the molecule is O=C(CS(=O)(=O)C1CC1)OCc1ccccc1. The molecule has 0 atom stereocenters. The van der Waals surface area contributed by atoms with Gasteiger partial charge < -0.3 is 4.74 Å². The van der Waals surface area contributed by atoms with Crippen molar-refractivity contribution in [2.45, 2.75) is 24.7 Å². The predicted molar refractivity (Wildman–Crippen MR) is 63.0 cm³/mol. The van der Waals surface area contributed by atoms with Crippen molar-refractivity contribution in [2.24, 2.45) is 0 Å². The molecule has 0 bridgehead atoms. The molecule has 5 heteroatoms. The van der Waals surface area contributed by atoms with E-state index in [1.807, 2.05) is 30.3 Å². The fourth-order valence-electron chi connectivity index (χ4n) is 1.49. The lowest BCUT2D eigenvalue weighted by Crippen LogP contribution is -2.21. The molecule has 1 fully saturated rings. The van der Waals surface area contributed by atoms with E-state index in [2.05, 4.69) is 0 Å². The number of benzene rings is 1. The first-order valence-corrected chi connectivity index (χ1v) is 7.20. The van der Waals surface area contributed by atoms with E-state index < -0.39 is 21.6 Å². The van der Waals surface area contributed by atoms with E-state index in [0.29, 0.717) is 12.8 Å². The molecular weight excluding hydrogens is 240 g/mol. The largest absolute Gasteiger partial charge is 0.460 e. The minimum absolute atomic E-state index is 0.125. The number of sulfone groups is 1. The molecule has 0 aromatic heterocycles. The van der Waals surface area contributed by atoms with Gasteiger partial charge in [-0.3, -0.25) is 4.79 Å². The normalized spacial score (nSPS) is 15.5. The zero-order chi connectivity index (χ0) is 12.3. The van der Waals surface area contributed by atoms with E-state index in [-0.39, 0.29) is 11.9 Å². The van der Waals surface area contributed by atoms with Crippen LogP contribution in [0.15, 0.2) is 30.3 Å². The first-order valence-electron chi connectivity index (χ1n) is 5.49. The Balaban J connectivity index is 1.82. The molecular formula is C12H14O4S. The molecule has 0 amide bonds. The lowest BCUT2D eigenvalue weighted by molar-refractivity contribution is -0.141. The molecule has 1 aliphatic rings. The summed E-state index contributed by atoms with van der Waals surface area (Å²) in [7, 11) is -3.27. The summed E-state index contributed by atoms with van der Waals surface area (Å²) >= 11 is 0. The van der Waals surface area contributed by atoms with Crippen molar-refractivity contribution in [1.82, 2.24) is 0 Å². The van der Waals surface area contributed by atoms with Gasteiger partial charge in [0, 0.05) is 0 Å².